The largest absolute Gasteiger partial charge is 0.489 e. The summed E-state index contributed by atoms with van der Waals surface area (Å²) < 4.78 is 17.8. The van der Waals surface area contributed by atoms with Crippen molar-refractivity contribution in [3.63, 3.8) is 0 Å². The molecule has 168 valence electrons. The molecule has 0 spiro atoms. The molecule has 33 heavy (non-hydrogen) atoms. The number of nitrogens with one attached hydrogen (secondary N) is 1. The summed E-state index contributed by atoms with van der Waals surface area (Å²) in [5.41, 5.74) is 4.22. The summed E-state index contributed by atoms with van der Waals surface area (Å²) in [7, 11) is 0. The number of hydrogen-bond donors (Lipinski definition) is 1. The van der Waals surface area contributed by atoms with E-state index in [1.807, 2.05) is 42.5 Å². The Bertz CT molecular complexity index is 1130. The van der Waals surface area contributed by atoms with Crippen molar-refractivity contribution in [3.05, 3.63) is 88.4 Å². The second-order valence-corrected chi connectivity index (χ2v) is 7.83. The number of carbonyl (C=O) groups is 1. The molecule has 3 aromatic carbocycles. The van der Waals surface area contributed by atoms with Crippen molar-refractivity contribution in [1.82, 2.24) is 5.43 Å². The Hall–Kier alpha value is -3.76. The van der Waals surface area contributed by atoms with E-state index in [2.05, 4.69) is 32.4 Å². The Labute approximate surface area is 201 Å². The molecule has 1 amide bonds. The lowest BCUT2D eigenvalue weighted by atomic mass is 10.2. The summed E-state index contributed by atoms with van der Waals surface area (Å²) in [6.07, 6.45) is 5.98. The van der Waals surface area contributed by atoms with Crippen LogP contribution in [0.3, 0.4) is 0 Å². The van der Waals surface area contributed by atoms with E-state index < -0.39 is 12.0 Å². The van der Waals surface area contributed by atoms with Gasteiger partial charge in [0.15, 0.2) is 6.10 Å². The van der Waals surface area contributed by atoms with Crippen LogP contribution in [-0.2, 0) is 11.4 Å². The number of hydrazone groups is 1. The minimum atomic E-state index is -0.752. The molecule has 0 radical (unpaired) electrons. The minimum Gasteiger partial charge on any atom is -0.489 e. The van der Waals surface area contributed by atoms with Crippen molar-refractivity contribution in [2.24, 2.45) is 5.10 Å². The molecule has 0 aliphatic rings. The van der Waals surface area contributed by atoms with Crippen LogP contribution in [0.15, 0.2) is 82.4 Å². The molecule has 7 heteroatoms. The monoisotopic (exact) mass is 506 g/mol. The molecule has 0 bridgehead atoms. The lowest BCUT2D eigenvalue weighted by Crippen LogP contribution is -2.33. The van der Waals surface area contributed by atoms with E-state index in [-0.39, 0.29) is 6.61 Å². The SMILES string of the molecule is C#CCOc1ccc(Br)cc1/C=N/NC(=O)C(C)Oc1ccc(OCc2ccccc2)cc1. The van der Waals surface area contributed by atoms with E-state index in [1.54, 1.807) is 37.3 Å². The first-order valence-electron chi connectivity index (χ1n) is 10.2. The molecule has 0 saturated heterocycles. The van der Waals surface area contributed by atoms with E-state index in [1.165, 1.54) is 6.21 Å². The number of halogens is 1. The Morgan fingerprint density at radius 2 is 1.82 bits per heavy atom. The van der Waals surface area contributed by atoms with Crippen LogP contribution in [0.2, 0.25) is 0 Å². The average molecular weight is 507 g/mol. The normalized spacial score (nSPS) is 11.4. The fourth-order valence-electron chi connectivity index (χ4n) is 2.74. The Morgan fingerprint density at radius 3 is 2.55 bits per heavy atom. The summed E-state index contributed by atoms with van der Waals surface area (Å²) in [6, 6.07) is 22.4. The average Bonchev–Trinajstić information content (AvgIpc) is 2.83. The zero-order chi connectivity index (χ0) is 23.5. The van der Waals surface area contributed by atoms with Crippen LogP contribution >= 0.6 is 15.9 Å². The van der Waals surface area contributed by atoms with Gasteiger partial charge >= 0.3 is 0 Å². The van der Waals surface area contributed by atoms with Crippen molar-refractivity contribution < 1.29 is 19.0 Å². The quantitative estimate of drug-likeness (QED) is 0.239. The number of terminal acetylenes is 1. The molecule has 3 aromatic rings. The Balaban J connectivity index is 1.50. The third kappa shape index (κ3) is 7.70. The number of amides is 1. The molecular formula is C26H23BrN2O4. The highest BCUT2D eigenvalue weighted by Crippen LogP contribution is 2.22. The van der Waals surface area contributed by atoms with Gasteiger partial charge in [0.1, 0.15) is 30.5 Å². The van der Waals surface area contributed by atoms with E-state index in [9.17, 15) is 4.79 Å². The summed E-state index contributed by atoms with van der Waals surface area (Å²) in [5.74, 6) is 3.85. The van der Waals surface area contributed by atoms with Crippen LogP contribution in [0.4, 0.5) is 0 Å². The molecular weight excluding hydrogens is 484 g/mol. The zero-order valence-electron chi connectivity index (χ0n) is 18.0. The van der Waals surface area contributed by atoms with Gasteiger partial charge in [0.25, 0.3) is 5.91 Å². The van der Waals surface area contributed by atoms with E-state index >= 15 is 0 Å². The number of rotatable bonds is 10. The molecule has 0 aliphatic carbocycles. The topological polar surface area (TPSA) is 69.2 Å². The highest BCUT2D eigenvalue weighted by atomic mass is 79.9. The molecule has 1 atom stereocenters. The second kappa shape index (κ2) is 12.3. The van der Waals surface area contributed by atoms with Gasteiger partial charge in [-0.3, -0.25) is 4.79 Å². The van der Waals surface area contributed by atoms with E-state index in [0.29, 0.717) is 29.4 Å². The Kier molecular flexibility index (Phi) is 8.92. The molecule has 1 unspecified atom stereocenters. The smallest absolute Gasteiger partial charge is 0.280 e. The number of nitrogens with zero attached hydrogens (tertiary/aromatic N) is 1. The molecule has 6 nitrogen and oxygen atoms in total. The van der Waals surface area contributed by atoms with E-state index in [0.717, 1.165) is 10.0 Å². The predicted molar refractivity (Wildman–Crippen MR) is 132 cm³/mol. The van der Waals surface area contributed by atoms with Crippen LogP contribution in [-0.4, -0.2) is 24.8 Å². The summed E-state index contributed by atoms with van der Waals surface area (Å²) >= 11 is 3.40. The van der Waals surface area contributed by atoms with Crippen LogP contribution in [0.5, 0.6) is 17.2 Å². The fourth-order valence-corrected chi connectivity index (χ4v) is 3.12. The third-order valence-electron chi connectivity index (χ3n) is 4.42. The van der Waals surface area contributed by atoms with Gasteiger partial charge in [-0.15, -0.1) is 6.42 Å². The summed E-state index contributed by atoms with van der Waals surface area (Å²) in [6.45, 7) is 2.26. The lowest BCUT2D eigenvalue weighted by Gasteiger charge is -2.13. The van der Waals surface area contributed by atoms with Gasteiger partial charge in [-0.05, 0) is 55.0 Å². The third-order valence-corrected chi connectivity index (χ3v) is 4.91. The maximum atomic E-state index is 12.3. The summed E-state index contributed by atoms with van der Waals surface area (Å²) in [4.78, 5) is 12.3. The molecule has 0 aliphatic heterocycles. The first kappa shape index (κ1) is 23.9. The van der Waals surface area contributed by atoms with Gasteiger partial charge in [-0.1, -0.05) is 52.2 Å². The first-order chi connectivity index (χ1) is 16.0. The molecule has 0 fully saturated rings. The van der Waals surface area contributed by atoms with Crippen molar-refractivity contribution in [3.8, 4) is 29.6 Å². The molecule has 0 heterocycles. The molecule has 3 rings (SSSR count). The van der Waals surface area contributed by atoms with Crippen LogP contribution in [0.25, 0.3) is 0 Å². The fraction of sp³-hybridized carbons (Fsp3) is 0.154. The van der Waals surface area contributed by atoms with Crippen molar-refractivity contribution >= 4 is 28.1 Å². The van der Waals surface area contributed by atoms with Crippen molar-refractivity contribution in [2.45, 2.75) is 19.6 Å². The van der Waals surface area contributed by atoms with Crippen molar-refractivity contribution in [1.29, 1.82) is 0 Å². The van der Waals surface area contributed by atoms with Gasteiger partial charge in [-0.25, -0.2) is 5.43 Å². The minimum absolute atomic E-state index is 0.135. The van der Waals surface area contributed by atoms with Crippen LogP contribution in [0.1, 0.15) is 18.1 Å². The Morgan fingerprint density at radius 1 is 1.09 bits per heavy atom. The number of ether oxygens (including phenoxy) is 3. The van der Waals surface area contributed by atoms with Crippen LogP contribution in [0, 0.1) is 12.3 Å². The van der Waals surface area contributed by atoms with Crippen molar-refractivity contribution in [2.75, 3.05) is 6.61 Å². The lowest BCUT2D eigenvalue weighted by molar-refractivity contribution is -0.127. The maximum absolute atomic E-state index is 12.3. The predicted octanol–water partition coefficient (Wildman–Crippen LogP) is 4.96. The standard InChI is InChI=1S/C26H23BrN2O4/c1-3-15-31-25-14-9-22(27)16-21(25)17-28-29-26(30)19(2)33-24-12-10-23(11-13-24)32-18-20-7-5-4-6-8-20/h1,4-14,16-17,19H,15,18H2,2H3,(H,29,30)/b28-17+. The number of carbonyl (C=O) groups excluding carboxylic acids is 1. The van der Waals surface area contributed by atoms with Gasteiger partial charge in [0, 0.05) is 10.0 Å². The highest BCUT2D eigenvalue weighted by molar-refractivity contribution is 9.10. The molecule has 0 aromatic heterocycles. The summed E-state index contributed by atoms with van der Waals surface area (Å²) in [5, 5.41) is 4.00. The van der Waals surface area contributed by atoms with Gasteiger partial charge in [0.2, 0.25) is 0 Å². The van der Waals surface area contributed by atoms with Gasteiger partial charge < -0.3 is 14.2 Å². The first-order valence-corrected chi connectivity index (χ1v) is 11.0. The second-order valence-electron chi connectivity index (χ2n) is 6.91. The van der Waals surface area contributed by atoms with Gasteiger partial charge in [0.05, 0.1) is 6.21 Å². The van der Waals surface area contributed by atoms with E-state index in [4.69, 9.17) is 20.6 Å². The number of benzene rings is 3. The van der Waals surface area contributed by atoms with Crippen LogP contribution < -0.4 is 19.6 Å². The zero-order valence-corrected chi connectivity index (χ0v) is 19.6. The van der Waals surface area contributed by atoms with Gasteiger partial charge in [-0.2, -0.15) is 5.10 Å². The molecule has 1 N–H and O–H groups in total. The maximum Gasteiger partial charge on any atom is 0.280 e. The molecule has 0 saturated carbocycles. The highest BCUT2D eigenvalue weighted by Gasteiger charge is 2.14. The number of hydrogen-bond acceptors (Lipinski definition) is 5.